The summed E-state index contributed by atoms with van der Waals surface area (Å²) < 4.78 is 0. The molecular weight excluding hydrogens is 240 g/mol. The van der Waals surface area contributed by atoms with E-state index in [0.29, 0.717) is 5.92 Å². The van der Waals surface area contributed by atoms with Crippen molar-refractivity contribution in [2.24, 2.45) is 0 Å². The Labute approximate surface area is 122 Å². The van der Waals surface area contributed by atoms with E-state index < -0.39 is 0 Å². The molecule has 102 valence electrons. The summed E-state index contributed by atoms with van der Waals surface area (Å²) in [4.78, 5) is 0. The molecule has 0 N–H and O–H groups in total. The summed E-state index contributed by atoms with van der Waals surface area (Å²) in [6.07, 6.45) is 8.80. The van der Waals surface area contributed by atoms with Crippen LogP contribution in [0.25, 0.3) is 17.2 Å². The molecule has 0 radical (unpaired) electrons. The van der Waals surface area contributed by atoms with Crippen LogP contribution in [-0.2, 0) is 0 Å². The summed E-state index contributed by atoms with van der Waals surface area (Å²) in [7, 11) is 0. The molecule has 0 nitrogen and oxygen atoms in total. The maximum atomic E-state index is 4.02. The molecule has 0 amide bonds. The van der Waals surface area contributed by atoms with E-state index in [2.05, 4.69) is 55.1 Å². The van der Waals surface area contributed by atoms with E-state index in [4.69, 9.17) is 0 Å². The lowest BCUT2D eigenvalue weighted by atomic mass is 9.78. The minimum Gasteiger partial charge on any atom is -0.0985 e. The molecule has 0 atom stereocenters. The number of hydrogen-bond donors (Lipinski definition) is 0. The molecule has 1 aliphatic rings. The third kappa shape index (κ3) is 2.56. The van der Waals surface area contributed by atoms with Crippen molar-refractivity contribution in [3.63, 3.8) is 0 Å². The van der Waals surface area contributed by atoms with Gasteiger partial charge in [-0.3, -0.25) is 0 Å². The van der Waals surface area contributed by atoms with E-state index in [1.165, 1.54) is 54.4 Å². The van der Waals surface area contributed by atoms with Crippen LogP contribution < -0.4 is 0 Å². The van der Waals surface area contributed by atoms with Gasteiger partial charge in [0.15, 0.2) is 0 Å². The topological polar surface area (TPSA) is 0 Å². The Hall–Kier alpha value is -1.82. The van der Waals surface area contributed by atoms with Gasteiger partial charge in [0.25, 0.3) is 0 Å². The predicted octanol–water partition coefficient (Wildman–Crippen LogP) is 6.04. The molecule has 1 saturated carbocycles. The van der Waals surface area contributed by atoms with Crippen LogP contribution in [0.1, 0.15) is 49.1 Å². The summed E-state index contributed by atoms with van der Waals surface area (Å²) in [6, 6.07) is 17.4. The summed E-state index contributed by atoms with van der Waals surface area (Å²) in [5.41, 5.74) is 5.57. The molecule has 0 aliphatic heterocycles. The van der Waals surface area contributed by atoms with Gasteiger partial charge in [0.05, 0.1) is 0 Å². The molecule has 0 bridgehead atoms. The third-order valence-electron chi connectivity index (χ3n) is 4.46. The standard InChI is InChI=1S/C20H22/c1-2-16-14-9-15-19(17-10-5-3-6-11-17)20(16)18-12-7-4-8-13-18/h2-3,5-6,9-11,14-15,18H,1,4,7-8,12-13H2. The number of rotatable bonds is 3. The lowest BCUT2D eigenvalue weighted by Crippen LogP contribution is -2.07. The fourth-order valence-electron chi connectivity index (χ4n) is 3.48. The zero-order chi connectivity index (χ0) is 13.8. The SMILES string of the molecule is C=Cc1cccc(-c2ccccc2)c1C1CCCCC1. The van der Waals surface area contributed by atoms with Gasteiger partial charge in [-0.15, -0.1) is 0 Å². The lowest BCUT2D eigenvalue weighted by molar-refractivity contribution is 0.444. The molecule has 0 aromatic heterocycles. The van der Waals surface area contributed by atoms with Crippen molar-refractivity contribution >= 4 is 6.08 Å². The Bertz CT molecular complexity index is 574. The van der Waals surface area contributed by atoms with Crippen LogP contribution in [0, 0.1) is 0 Å². The first-order valence-electron chi connectivity index (χ1n) is 7.71. The molecule has 3 rings (SSSR count). The molecule has 2 aromatic carbocycles. The number of hydrogen-bond acceptors (Lipinski definition) is 0. The fourth-order valence-corrected chi connectivity index (χ4v) is 3.48. The Morgan fingerprint density at radius 1 is 0.850 bits per heavy atom. The Kier molecular flexibility index (Phi) is 4.01. The van der Waals surface area contributed by atoms with Gasteiger partial charge < -0.3 is 0 Å². The Morgan fingerprint density at radius 3 is 2.30 bits per heavy atom. The first kappa shape index (κ1) is 13.2. The summed E-state index contributed by atoms with van der Waals surface area (Å²) in [6.45, 7) is 4.02. The quantitative estimate of drug-likeness (QED) is 0.632. The van der Waals surface area contributed by atoms with E-state index in [0.717, 1.165) is 0 Å². The van der Waals surface area contributed by atoms with Crippen LogP contribution in [0.4, 0.5) is 0 Å². The van der Waals surface area contributed by atoms with Gasteiger partial charge in [-0.1, -0.05) is 80.4 Å². The van der Waals surface area contributed by atoms with E-state index in [-0.39, 0.29) is 0 Å². The van der Waals surface area contributed by atoms with Crippen molar-refractivity contribution in [3.8, 4) is 11.1 Å². The molecule has 1 fully saturated rings. The van der Waals surface area contributed by atoms with Crippen molar-refractivity contribution in [2.75, 3.05) is 0 Å². The zero-order valence-corrected chi connectivity index (χ0v) is 12.0. The second-order valence-corrected chi connectivity index (χ2v) is 5.71. The molecule has 0 unspecified atom stereocenters. The van der Waals surface area contributed by atoms with Gasteiger partial charge in [-0.05, 0) is 41.0 Å². The molecule has 0 spiro atoms. The van der Waals surface area contributed by atoms with Gasteiger partial charge in [-0.2, -0.15) is 0 Å². The lowest BCUT2D eigenvalue weighted by Gasteiger charge is -2.26. The second-order valence-electron chi connectivity index (χ2n) is 5.71. The molecule has 1 aliphatic carbocycles. The first-order chi connectivity index (χ1) is 9.90. The predicted molar refractivity (Wildman–Crippen MR) is 87.8 cm³/mol. The fraction of sp³-hybridized carbons (Fsp3) is 0.300. The normalized spacial score (nSPS) is 16.0. The average molecular weight is 262 g/mol. The Balaban J connectivity index is 2.11. The summed E-state index contributed by atoms with van der Waals surface area (Å²) in [5, 5.41) is 0. The van der Waals surface area contributed by atoms with E-state index >= 15 is 0 Å². The van der Waals surface area contributed by atoms with Gasteiger partial charge in [0.1, 0.15) is 0 Å². The maximum Gasteiger partial charge on any atom is -0.0143 e. The van der Waals surface area contributed by atoms with Crippen molar-refractivity contribution < 1.29 is 0 Å². The molecule has 2 aromatic rings. The maximum absolute atomic E-state index is 4.02. The highest BCUT2D eigenvalue weighted by molar-refractivity contribution is 5.73. The molecule has 0 heterocycles. The van der Waals surface area contributed by atoms with Crippen LogP contribution in [-0.4, -0.2) is 0 Å². The third-order valence-corrected chi connectivity index (χ3v) is 4.46. The van der Waals surface area contributed by atoms with Crippen LogP contribution in [0.3, 0.4) is 0 Å². The van der Waals surface area contributed by atoms with Gasteiger partial charge in [0, 0.05) is 0 Å². The van der Waals surface area contributed by atoms with Crippen LogP contribution in [0.2, 0.25) is 0 Å². The minimum absolute atomic E-state index is 0.702. The monoisotopic (exact) mass is 262 g/mol. The van der Waals surface area contributed by atoms with Crippen LogP contribution in [0.15, 0.2) is 55.1 Å². The second kappa shape index (κ2) is 6.09. The molecule has 0 saturated heterocycles. The largest absolute Gasteiger partial charge is 0.0985 e. The van der Waals surface area contributed by atoms with Crippen molar-refractivity contribution in [1.29, 1.82) is 0 Å². The highest BCUT2D eigenvalue weighted by Gasteiger charge is 2.21. The molecule has 20 heavy (non-hydrogen) atoms. The summed E-state index contributed by atoms with van der Waals surface area (Å²) >= 11 is 0. The van der Waals surface area contributed by atoms with Gasteiger partial charge in [-0.25, -0.2) is 0 Å². The van der Waals surface area contributed by atoms with Crippen molar-refractivity contribution in [2.45, 2.75) is 38.0 Å². The van der Waals surface area contributed by atoms with E-state index in [1.807, 2.05) is 6.08 Å². The first-order valence-corrected chi connectivity index (χ1v) is 7.71. The number of benzene rings is 2. The highest BCUT2D eigenvalue weighted by atomic mass is 14.2. The van der Waals surface area contributed by atoms with Crippen LogP contribution >= 0.6 is 0 Å². The van der Waals surface area contributed by atoms with Crippen molar-refractivity contribution in [1.82, 2.24) is 0 Å². The zero-order valence-electron chi connectivity index (χ0n) is 12.0. The molecule has 0 heteroatoms. The smallest absolute Gasteiger partial charge is 0.0143 e. The van der Waals surface area contributed by atoms with E-state index in [1.54, 1.807) is 0 Å². The molecular formula is C20H22. The van der Waals surface area contributed by atoms with Crippen LogP contribution in [0.5, 0.6) is 0 Å². The summed E-state index contributed by atoms with van der Waals surface area (Å²) in [5.74, 6) is 0.702. The van der Waals surface area contributed by atoms with Gasteiger partial charge >= 0.3 is 0 Å². The highest BCUT2D eigenvalue weighted by Crippen LogP contribution is 2.40. The van der Waals surface area contributed by atoms with Gasteiger partial charge in [0.2, 0.25) is 0 Å². The minimum atomic E-state index is 0.702. The average Bonchev–Trinajstić information content (AvgIpc) is 2.55. The van der Waals surface area contributed by atoms with E-state index in [9.17, 15) is 0 Å². The van der Waals surface area contributed by atoms with Crippen molar-refractivity contribution in [3.05, 3.63) is 66.2 Å². The Morgan fingerprint density at radius 2 is 1.60 bits per heavy atom.